The van der Waals surface area contributed by atoms with Gasteiger partial charge in [-0.1, -0.05) is 47.5 Å². The molecule has 0 saturated carbocycles. The molecule has 9 nitrogen and oxygen atoms in total. The summed E-state index contributed by atoms with van der Waals surface area (Å²) in [4.78, 5) is 23.1. The Balaban J connectivity index is 0.000000221. The number of fused-ring (bicyclic) bond motifs is 1. The van der Waals surface area contributed by atoms with Gasteiger partial charge in [0.15, 0.2) is 17.3 Å². The molecular weight excluding hydrogens is 584 g/mol. The van der Waals surface area contributed by atoms with E-state index in [1.54, 1.807) is 30.3 Å². The van der Waals surface area contributed by atoms with Gasteiger partial charge in [-0.05, 0) is 55.0 Å². The fourth-order valence-electron chi connectivity index (χ4n) is 3.71. The summed E-state index contributed by atoms with van der Waals surface area (Å²) >= 11 is 12.2. The third-order valence-corrected chi connectivity index (χ3v) is 6.58. The Kier molecular flexibility index (Phi) is 10.2. The zero-order chi connectivity index (χ0) is 29.1. The monoisotopic (exact) mass is 603 g/mol. The van der Waals surface area contributed by atoms with Crippen LogP contribution in [-0.2, 0) is 0 Å². The molecular formula is C29H20Cl2NNaO8. The minimum Gasteiger partial charge on any atom is -0.545 e. The number of anilines is 2. The van der Waals surface area contributed by atoms with Crippen LogP contribution < -0.4 is 45.4 Å². The number of rotatable bonds is 4. The average molecular weight is 604 g/mol. The normalized spacial score (nSPS) is 10.3. The molecule has 5 rings (SSSR count). The second-order valence-corrected chi connectivity index (χ2v) is 9.29. The van der Waals surface area contributed by atoms with E-state index in [2.05, 4.69) is 5.32 Å². The van der Waals surface area contributed by atoms with E-state index in [0.717, 1.165) is 11.6 Å². The zero-order valence-electron chi connectivity index (χ0n) is 21.6. The molecule has 0 unspecified atom stereocenters. The van der Waals surface area contributed by atoms with Crippen molar-refractivity contribution in [3.05, 3.63) is 104 Å². The number of carbonyl (C=O) groups is 1. The Morgan fingerprint density at radius 1 is 0.902 bits per heavy atom. The molecule has 0 aliphatic carbocycles. The van der Waals surface area contributed by atoms with Crippen LogP contribution in [0.4, 0.5) is 11.4 Å². The second kappa shape index (κ2) is 13.2. The number of phenols is 3. The predicted molar refractivity (Wildman–Crippen MR) is 150 cm³/mol. The summed E-state index contributed by atoms with van der Waals surface area (Å²) in [6.45, 7) is 1.84. The van der Waals surface area contributed by atoms with Gasteiger partial charge in [0.2, 0.25) is 11.2 Å². The molecule has 0 atom stereocenters. The van der Waals surface area contributed by atoms with Gasteiger partial charge < -0.3 is 40.1 Å². The summed E-state index contributed by atoms with van der Waals surface area (Å²) in [5.74, 6) is -2.87. The molecule has 0 aliphatic heterocycles. The molecule has 0 bridgehead atoms. The first kappa shape index (κ1) is 31.7. The van der Waals surface area contributed by atoms with Gasteiger partial charge in [-0.15, -0.1) is 0 Å². The smallest absolute Gasteiger partial charge is 0.545 e. The Morgan fingerprint density at radius 3 is 2.29 bits per heavy atom. The maximum absolute atomic E-state index is 12.1. The first-order valence-electron chi connectivity index (χ1n) is 11.5. The van der Waals surface area contributed by atoms with E-state index in [0.29, 0.717) is 21.4 Å². The minimum absolute atomic E-state index is 0. The van der Waals surface area contributed by atoms with Gasteiger partial charge in [0.05, 0.1) is 27.1 Å². The molecule has 0 fully saturated rings. The molecule has 4 aromatic carbocycles. The van der Waals surface area contributed by atoms with E-state index in [1.165, 1.54) is 36.4 Å². The number of hydrogen-bond donors (Lipinski definition) is 5. The van der Waals surface area contributed by atoms with Crippen LogP contribution in [0.15, 0.2) is 82.0 Å². The second-order valence-electron chi connectivity index (χ2n) is 8.50. The number of nitrogens with one attached hydrogen (secondary N) is 1. The zero-order valence-corrected chi connectivity index (χ0v) is 25.1. The number of carboxylic acids is 1. The molecule has 0 amide bonds. The van der Waals surface area contributed by atoms with Gasteiger partial charge in [0, 0.05) is 22.9 Å². The van der Waals surface area contributed by atoms with Gasteiger partial charge in [0.25, 0.3) is 0 Å². The average Bonchev–Trinajstić information content (AvgIpc) is 2.93. The number of hydrogen-bond acceptors (Lipinski definition) is 9. The molecule has 204 valence electrons. The summed E-state index contributed by atoms with van der Waals surface area (Å²) in [5.41, 5.74) is 1.42. The molecule has 1 aromatic heterocycles. The van der Waals surface area contributed by atoms with Gasteiger partial charge >= 0.3 is 29.6 Å². The molecule has 41 heavy (non-hydrogen) atoms. The number of phenolic OH excluding ortho intramolecular Hbond substituents is 3. The van der Waals surface area contributed by atoms with Gasteiger partial charge in [0.1, 0.15) is 11.3 Å². The van der Waals surface area contributed by atoms with Crippen molar-refractivity contribution in [2.45, 2.75) is 6.92 Å². The number of aromatic hydroxyl groups is 4. The minimum atomic E-state index is -1.26. The van der Waals surface area contributed by atoms with Crippen LogP contribution in [-0.4, -0.2) is 26.4 Å². The van der Waals surface area contributed by atoms with Crippen molar-refractivity contribution in [2.75, 3.05) is 5.32 Å². The Morgan fingerprint density at radius 2 is 1.61 bits per heavy atom. The maximum atomic E-state index is 12.1. The summed E-state index contributed by atoms with van der Waals surface area (Å²) in [7, 11) is 0. The molecule has 0 saturated heterocycles. The van der Waals surface area contributed by atoms with E-state index in [4.69, 9.17) is 27.6 Å². The van der Waals surface area contributed by atoms with Gasteiger partial charge in [-0.2, -0.15) is 0 Å². The number of benzene rings is 4. The summed E-state index contributed by atoms with van der Waals surface area (Å²) in [6.07, 6.45) is 0. The Labute approximate surface area is 265 Å². The fraction of sp³-hybridized carbons (Fsp3) is 0.0345. The first-order chi connectivity index (χ1) is 19.0. The molecule has 0 aliphatic rings. The van der Waals surface area contributed by atoms with Crippen molar-refractivity contribution in [1.82, 2.24) is 0 Å². The van der Waals surface area contributed by atoms with Crippen molar-refractivity contribution in [1.29, 1.82) is 0 Å². The van der Waals surface area contributed by atoms with Crippen LogP contribution in [0.25, 0.3) is 22.3 Å². The van der Waals surface area contributed by atoms with E-state index in [1.807, 2.05) is 6.92 Å². The number of aryl methyl sites for hydroxylation is 1. The van der Waals surface area contributed by atoms with Crippen molar-refractivity contribution in [2.24, 2.45) is 0 Å². The number of carbonyl (C=O) groups excluding carboxylic acids is 1. The van der Waals surface area contributed by atoms with Crippen LogP contribution in [0.5, 0.6) is 23.0 Å². The molecule has 5 aromatic rings. The Hall–Kier alpha value is -3.86. The van der Waals surface area contributed by atoms with Crippen LogP contribution in [0.3, 0.4) is 0 Å². The van der Waals surface area contributed by atoms with Crippen LogP contribution in [0.1, 0.15) is 15.9 Å². The maximum Gasteiger partial charge on any atom is 1.00 e. The summed E-state index contributed by atoms with van der Waals surface area (Å²) in [5, 5.41) is 53.2. The largest absolute Gasteiger partial charge is 1.00 e. The fourth-order valence-corrected chi connectivity index (χ4v) is 4.17. The number of aromatic carboxylic acids is 1. The molecule has 1 heterocycles. The number of para-hydroxylation sites is 1. The number of carboxylic acid groups (broad SMARTS) is 1. The summed E-state index contributed by atoms with van der Waals surface area (Å²) in [6, 6.07) is 17.5. The topological polar surface area (TPSA) is 163 Å². The number of halogens is 2. The molecule has 0 radical (unpaired) electrons. The van der Waals surface area contributed by atoms with Crippen LogP contribution in [0, 0.1) is 6.92 Å². The standard InChI is InChI=1S/C15H10O6.C14H11Cl2NO2.Na/c16-8-2-3-9-12(6-8)21-15(14(20)13(9)19)7-1-4-10(17)11(18)5-7;1-8-6-7-10(15)13(12(8)16)17-11-5-3-2-4-9(11)14(18)19;/h1-6,16-18,20H;2-7,17H,1H3,(H,18,19);/q;;+1/p-1. The van der Waals surface area contributed by atoms with Crippen molar-refractivity contribution in [3.63, 3.8) is 0 Å². The molecule has 5 N–H and O–H groups in total. The van der Waals surface area contributed by atoms with E-state index in [-0.39, 0.29) is 68.9 Å². The van der Waals surface area contributed by atoms with Crippen molar-refractivity contribution < 1.29 is 64.3 Å². The quantitative estimate of drug-likeness (QED) is 0.153. The SMILES string of the molecule is Cc1ccc(Cl)c(Nc2ccccc2C(=O)[O-])c1Cl.O=c1c(O)c(-c2ccc(O)c(O)c2)oc2cc(O)ccc12.[Na+]. The van der Waals surface area contributed by atoms with E-state index >= 15 is 0 Å². The van der Waals surface area contributed by atoms with Crippen LogP contribution >= 0.6 is 23.2 Å². The van der Waals surface area contributed by atoms with Gasteiger partial charge in [-0.3, -0.25) is 4.79 Å². The Bertz CT molecular complexity index is 1820. The third-order valence-electron chi connectivity index (χ3n) is 5.78. The van der Waals surface area contributed by atoms with Crippen molar-refractivity contribution >= 4 is 51.5 Å². The molecule has 12 heteroatoms. The van der Waals surface area contributed by atoms with E-state index in [9.17, 15) is 35.1 Å². The third kappa shape index (κ3) is 6.90. The van der Waals surface area contributed by atoms with Gasteiger partial charge in [-0.25, -0.2) is 0 Å². The summed E-state index contributed by atoms with van der Waals surface area (Å²) < 4.78 is 5.43. The predicted octanol–water partition coefficient (Wildman–Crippen LogP) is 2.70. The van der Waals surface area contributed by atoms with Crippen LogP contribution in [0.2, 0.25) is 10.0 Å². The first-order valence-corrected chi connectivity index (χ1v) is 12.3. The van der Waals surface area contributed by atoms with E-state index < -0.39 is 22.9 Å². The van der Waals surface area contributed by atoms with Crippen molar-refractivity contribution in [3.8, 4) is 34.3 Å². The molecule has 0 spiro atoms.